The number of aliphatic hydroxyl groups excluding tert-OH is 1. The highest BCUT2D eigenvalue weighted by Crippen LogP contribution is 2.36. The van der Waals surface area contributed by atoms with E-state index in [2.05, 4.69) is 51.5 Å². The molecule has 0 spiro atoms. The van der Waals surface area contributed by atoms with E-state index in [1.807, 2.05) is 0 Å². The number of nitrogens with zero attached hydrogens (tertiary/aromatic N) is 3. The van der Waals surface area contributed by atoms with Gasteiger partial charge in [-0.1, -0.05) is 31.2 Å². The highest BCUT2D eigenvalue weighted by atomic mass is 16.3. The van der Waals surface area contributed by atoms with Crippen molar-refractivity contribution in [1.82, 2.24) is 19.9 Å². The predicted octanol–water partition coefficient (Wildman–Crippen LogP) is 3.39. The predicted molar refractivity (Wildman–Crippen MR) is 105 cm³/mol. The van der Waals surface area contributed by atoms with E-state index in [1.54, 1.807) is 6.33 Å². The number of benzene rings is 1. The Morgan fingerprint density at radius 1 is 1.19 bits per heavy atom. The van der Waals surface area contributed by atoms with E-state index in [0.717, 1.165) is 42.8 Å². The quantitative estimate of drug-likeness (QED) is 0.664. The van der Waals surface area contributed by atoms with Crippen molar-refractivity contribution in [3.8, 4) is 0 Å². The van der Waals surface area contributed by atoms with Gasteiger partial charge in [0.25, 0.3) is 0 Å². The van der Waals surface area contributed by atoms with Crippen LogP contribution in [0.4, 0.5) is 5.82 Å². The number of aliphatic hydroxyl groups is 1. The Morgan fingerprint density at radius 3 is 2.93 bits per heavy atom. The third kappa shape index (κ3) is 2.98. The van der Waals surface area contributed by atoms with Crippen LogP contribution in [0.2, 0.25) is 0 Å². The average molecular weight is 363 g/mol. The van der Waals surface area contributed by atoms with Gasteiger partial charge >= 0.3 is 0 Å². The van der Waals surface area contributed by atoms with E-state index in [-0.39, 0.29) is 18.1 Å². The first kappa shape index (κ1) is 16.7. The van der Waals surface area contributed by atoms with Crippen LogP contribution in [0.3, 0.4) is 0 Å². The molecule has 6 nitrogen and oxygen atoms in total. The number of aromatic nitrogens is 4. The molecule has 1 unspecified atom stereocenters. The van der Waals surface area contributed by atoms with Gasteiger partial charge < -0.3 is 15.4 Å². The summed E-state index contributed by atoms with van der Waals surface area (Å²) in [7, 11) is 0. The van der Waals surface area contributed by atoms with Crippen LogP contribution in [0, 0.1) is 5.92 Å². The smallest absolute Gasteiger partial charge is 0.183 e. The minimum atomic E-state index is -0.240. The zero-order chi connectivity index (χ0) is 18.4. The van der Waals surface area contributed by atoms with Crippen molar-refractivity contribution < 1.29 is 5.11 Å². The van der Waals surface area contributed by atoms with Gasteiger partial charge in [0.05, 0.1) is 6.10 Å². The SMILES string of the molecule is C[C@H]1C[C@@H](Nc2ncnc3nc(C4CCCc5ccccc54)[nH]c23)C[C@@H]1O. The van der Waals surface area contributed by atoms with Gasteiger partial charge in [-0.05, 0) is 49.1 Å². The first-order valence-electron chi connectivity index (χ1n) is 9.92. The number of nitrogens with one attached hydrogen (secondary N) is 2. The zero-order valence-electron chi connectivity index (χ0n) is 15.5. The molecule has 0 aliphatic heterocycles. The molecule has 0 saturated heterocycles. The summed E-state index contributed by atoms with van der Waals surface area (Å²) in [5, 5.41) is 13.5. The molecule has 1 aromatic carbocycles. The number of rotatable bonds is 3. The number of anilines is 1. The molecule has 2 aromatic heterocycles. The number of hydrogen-bond donors (Lipinski definition) is 3. The van der Waals surface area contributed by atoms with Crippen molar-refractivity contribution in [2.75, 3.05) is 5.32 Å². The van der Waals surface area contributed by atoms with E-state index in [9.17, 15) is 5.11 Å². The maximum absolute atomic E-state index is 10.0. The Balaban J connectivity index is 1.48. The van der Waals surface area contributed by atoms with Crippen molar-refractivity contribution >= 4 is 17.0 Å². The van der Waals surface area contributed by atoms with Gasteiger partial charge in [-0.2, -0.15) is 0 Å². The lowest BCUT2D eigenvalue weighted by Gasteiger charge is -2.23. The van der Waals surface area contributed by atoms with Gasteiger partial charge in [0, 0.05) is 12.0 Å². The molecule has 2 aliphatic rings. The number of H-pyrrole nitrogens is 1. The molecule has 6 heteroatoms. The van der Waals surface area contributed by atoms with Crippen LogP contribution in [0.5, 0.6) is 0 Å². The van der Waals surface area contributed by atoms with E-state index >= 15 is 0 Å². The summed E-state index contributed by atoms with van der Waals surface area (Å²) in [5.74, 6) is 2.36. The number of fused-ring (bicyclic) bond motifs is 2. The van der Waals surface area contributed by atoms with Crippen LogP contribution in [0.1, 0.15) is 55.5 Å². The standard InChI is InChI=1S/C21H25N5O/c1-12-9-14(10-17(12)27)24-20-18-21(23-11-22-20)26-19(25-18)16-8-4-6-13-5-2-3-7-15(13)16/h2-3,5,7,11-12,14,16-17,27H,4,6,8-10H2,1H3,(H2,22,23,24,25,26)/t12-,14+,16?,17-/m0/s1. The second kappa shape index (κ2) is 6.60. The molecule has 0 radical (unpaired) electrons. The number of hydrogen-bond acceptors (Lipinski definition) is 5. The highest BCUT2D eigenvalue weighted by Gasteiger charge is 2.31. The van der Waals surface area contributed by atoms with Crippen molar-refractivity contribution in [3.05, 3.63) is 47.5 Å². The van der Waals surface area contributed by atoms with Crippen LogP contribution in [-0.4, -0.2) is 37.2 Å². The lowest BCUT2D eigenvalue weighted by molar-refractivity contribution is 0.141. The Kier molecular flexibility index (Phi) is 4.08. The minimum Gasteiger partial charge on any atom is -0.393 e. The lowest BCUT2D eigenvalue weighted by Crippen LogP contribution is -2.17. The molecule has 1 saturated carbocycles. The minimum absolute atomic E-state index is 0.232. The summed E-state index contributed by atoms with van der Waals surface area (Å²) < 4.78 is 0. The van der Waals surface area contributed by atoms with E-state index in [1.165, 1.54) is 17.5 Å². The zero-order valence-corrected chi connectivity index (χ0v) is 15.5. The summed E-state index contributed by atoms with van der Waals surface area (Å²) in [5.41, 5.74) is 4.37. The molecule has 140 valence electrons. The Morgan fingerprint density at radius 2 is 2.07 bits per heavy atom. The lowest BCUT2D eigenvalue weighted by atomic mass is 9.82. The van der Waals surface area contributed by atoms with Crippen molar-refractivity contribution in [1.29, 1.82) is 0 Å². The molecule has 0 bridgehead atoms. The largest absolute Gasteiger partial charge is 0.393 e. The summed E-state index contributed by atoms with van der Waals surface area (Å²) >= 11 is 0. The number of aryl methyl sites for hydroxylation is 1. The Hall–Kier alpha value is -2.47. The normalized spacial score (nSPS) is 27.6. The number of imidazole rings is 1. The van der Waals surface area contributed by atoms with Gasteiger partial charge in [-0.15, -0.1) is 0 Å². The molecule has 2 aliphatic carbocycles. The maximum atomic E-state index is 10.0. The van der Waals surface area contributed by atoms with E-state index in [0.29, 0.717) is 11.6 Å². The molecule has 0 amide bonds. The first-order valence-corrected chi connectivity index (χ1v) is 9.92. The Labute approximate surface area is 158 Å². The van der Waals surface area contributed by atoms with Crippen LogP contribution in [0.25, 0.3) is 11.2 Å². The Bertz CT molecular complexity index is 958. The first-order chi connectivity index (χ1) is 13.2. The van der Waals surface area contributed by atoms with Crippen LogP contribution in [0.15, 0.2) is 30.6 Å². The molecule has 4 atom stereocenters. The second-order valence-corrected chi connectivity index (χ2v) is 8.04. The highest BCUT2D eigenvalue weighted by molar-refractivity contribution is 5.83. The van der Waals surface area contributed by atoms with Crippen molar-refractivity contribution in [3.63, 3.8) is 0 Å². The van der Waals surface area contributed by atoms with Gasteiger partial charge in [-0.3, -0.25) is 0 Å². The van der Waals surface area contributed by atoms with Crippen molar-refractivity contribution in [2.45, 2.75) is 57.1 Å². The van der Waals surface area contributed by atoms with Crippen LogP contribution in [-0.2, 0) is 6.42 Å². The monoisotopic (exact) mass is 363 g/mol. The second-order valence-electron chi connectivity index (χ2n) is 8.04. The summed E-state index contributed by atoms with van der Waals surface area (Å²) in [6, 6.07) is 8.90. The van der Waals surface area contributed by atoms with Crippen LogP contribution < -0.4 is 5.32 Å². The fourth-order valence-electron chi connectivity index (χ4n) is 4.70. The summed E-state index contributed by atoms with van der Waals surface area (Å²) in [4.78, 5) is 17.1. The van der Waals surface area contributed by atoms with E-state index < -0.39 is 0 Å². The maximum Gasteiger partial charge on any atom is 0.183 e. The summed E-state index contributed by atoms with van der Waals surface area (Å²) in [6.45, 7) is 2.09. The summed E-state index contributed by atoms with van der Waals surface area (Å²) in [6.07, 6.45) is 6.44. The third-order valence-electron chi connectivity index (χ3n) is 6.19. The molecular formula is C21H25N5O. The molecule has 3 N–H and O–H groups in total. The van der Waals surface area contributed by atoms with Gasteiger partial charge in [0.15, 0.2) is 11.5 Å². The fraction of sp³-hybridized carbons (Fsp3) is 0.476. The van der Waals surface area contributed by atoms with Crippen molar-refractivity contribution in [2.24, 2.45) is 5.92 Å². The van der Waals surface area contributed by atoms with Gasteiger partial charge in [0.1, 0.15) is 17.7 Å². The molecule has 5 rings (SSSR count). The van der Waals surface area contributed by atoms with Crippen LogP contribution >= 0.6 is 0 Å². The number of aromatic amines is 1. The third-order valence-corrected chi connectivity index (χ3v) is 6.19. The molecule has 3 aromatic rings. The molecule has 2 heterocycles. The molecule has 1 fully saturated rings. The molecular weight excluding hydrogens is 338 g/mol. The van der Waals surface area contributed by atoms with Gasteiger partial charge in [-0.25, -0.2) is 15.0 Å². The topological polar surface area (TPSA) is 86.7 Å². The fourth-order valence-corrected chi connectivity index (χ4v) is 4.70. The van der Waals surface area contributed by atoms with Gasteiger partial charge in [0.2, 0.25) is 0 Å². The molecule has 27 heavy (non-hydrogen) atoms. The van der Waals surface area contributed by atoms with E-state index in [4.69, 9.17) is 4.98 Å². The average Bonchev–Trinajstić information content (AvgIpc) is 3.25.